The van der Waals surface area contributed by atoms with Gasteiger partial charge in [-0.2, -0.15) is 0 Å². The largest absolute Gasteiger partial charge is 0.444 e. The van der Waals surface area contributed by atoms with E-state index >= 15 is 0 Å². The number of likely N-dealkylation sites (N-methyl/N-ethyl adjacent to an activating group) is 1. The van der Waals surface area contributed by atoms with E-state index in [0.29, 0.717) is 34.2 Å². The molecule has 0 fully saturated rings. The minimum absolute atomic E-state index is 0.200. The van der Waals surface area contributed by atoms with Crippen molar-refractivity contribution in [3.8, 4) is 0 Å². The van der Waals surface area contributed by atoms with E-state index in [4.69, 9.17) is 16.3 Å². The molecule has 1 aromatic carbocycles. The molecule has 2 aromatic heterocycles. The third kappa shape index (κ3) is 6.72. The summed E-state index contributed by atoms with van der Waals surface area (Å²) in [6, 6.07) is 10.6. The molecule has 0 aliphatic rings. The van der Waals surface area contributed by atoms with Crippen LogP contribution in [0, 0.1) is 4.91 Å². The Morgan fingerprint density at radius 1 is 1.14 bits per heavy atom. The van der Waals surface area contributed by atoms with Gasteiger partial charge in [-0.15, -0.1) is 4.91 Å². The number of carbonyl (C=O) groups is 2. The number of aromatic nitrogens is 2. The molecule has 192 valence electrons. The van der Waals surface area contributed by atoms with Gasteiger partial charge in [0.05, 0.1) is 28.2 Å². The minimum Gasteiger partial charge on any atom is -0.444 e. The number of halogens is 1. The van der Waals surface area contributed by atoms with Crippen LogP contribution in [0.5, 0.6) is 0 Å². The molecule has 0 aliphatic carbocycles. The summed E-state index contributed by atoms with van der Waals surface area (Å²) in [5.41, 5.74) is 2.61. The second-order valence-electron chi connectivity index (χ2n) is 9.29. The summed E-state index contributed by atoms with van der Waals surface area (Å²) in [5.74, 6) is -0.257. The van der Waals surface area contributed by atoms with Crippen LogP contribution in [0.2, 0.25) is 5.02 Å². The Morgan fingerprint density at radius 2 is 1.83 bits per heavy atom. The third-order valence-electron chi connectivity index (χ3n) is 5.34. The maximum atomic E-state index is 13.0. The lowest BCUT2D eigenvalue weighted by Crippen LogP contribution is -2.38. The highest BCUT2D eigenvalue weighted by Crippen LogP contribution is 2.19. The highest BCUT2D eigenvalue weighted by atomic mass is 35.5. The van der Waals surface area contributed by atoms with Crippen molar-refractivity contribution in [2.24, 2.45) is 5.29 Å². The van der Waals surface area contributed by atoms with Crippen LogP contribution in [-0.4, -0.2) is 52.0 Å². The maximum Gasteiger partial charge on any atom is 0.410 e. The van der Waals surface area contributed by atoms with Gasteiger partial charge in [0.25, 0.3) is 5.91 Å². The first kappa shape index (κ1) is 26.9. The number of amides is 2. The van der Waals surface area contributed by atoms with Gasteiger partial charge in [0.1, 0.15) is 16.9 Å². The number of aryl methyl sites for hydroxylation is 1. The number of rotatable bonds is 9. The number of imidazole rings is 1. The van der Waals surface area contributed by atoms with Crippen LogP contribution >= 0.6 is 11.6 Å². The summed E-state index contributed by atoms with van der Waals surface area (Å²) in [5, 5.41) is 7.77. The van der Waals surface area contributed by atoms with Crippen molar-refractivity contribution in [1.82, 2.24) is 19.6 Å². The second-order valence-corrected chi connectivity index (χ2v) is 9.73. The average Bonchev–Trinajstić information content (AvgIpc) is 3.20. The number of nitrogens with zero attached hydrogens (tertiary/aromatic N) is 5. The highest BCUT2D eigenvalue weighted by Gasteiger charge is 2.21. The number of fused-ring (bicyclic) bond motifs is 1. The van der Waals surface area contributed by atoms with Crippen LogP contribution in [0.25, 0.3) is 5.65 Å². The number of ether oxygens (including phenoxy) is 1. The van der Waals surface area contributed by atoms with E-state index in [1.54, 1.807) is 74.8 Å². The monoisotopic (exact) mass is 514 g/mol. The van der Waals surface area contributed by atoms with Crippen molar-refractivity contribution >= 4 is 34.9 Å². The summed E-state index contributed by atoms with van der Waals surface area (Å²) in [7, 11) is 1.60. The predicted molar refractivity (Wildman–Crippen MR) is 139 cm³/mol. The molecule has 0 aliphatic heterocycles. The predicted octanol–water partition coefficient (Wildman–Crippen LogP) is 4.83. The van der Waals surface area contributed by atoms with Crippen molar-refractivity contribution in [2.75, 3.05) is 25.1 Å². The van der Waals surface area contributed by atoms with Crippen molar-refractivity contribution in [2.45, 2.75) is 46.3 Å². The number of pyridine rings is 1. The highest BCUT2D eigenvalue weighted by molar-refractivity contribution is 6.30. The third-order valence-corrected chi connectivity index (χ3v) is 5.57. The van der Waals surface area contributed by atoms with Crippen molar-refractivity contribution < 1.29 is 14.3 Å². The first-order chi connectivity index (χ1) is 17.0. The SMILES string of the molecule is CCc1nc2ccc(Cl)cn2c1C(=O)NCc1ccc(N(CCN(C)C(=O)OC(C)(C)C)N=O)cc1. The lowest BCUT2D eigenvalue weighted by atomic mass is 10.2. The van der Waals surface area contributed by atoms with E-state index in [0.717, 1.165) is 5.56 Å². The smallest absolute Gasteiger partial charge is 0.410 e. The van der Waals surface area contributed by atoms with Gasteiger partial charge in [0, 0.05) is 26.3 Å². The summed E-state index contributed by atoms with van der Waals surface area (Å²) < 4.78 is 7.01. The fourth-order valence-electron chi connectivity index (χ4n) is 3.50. The number of carbonyl (C=O) groups excluding carboxylic acids is 2. The lowest BCUT2D eigenvalue weighted by molar-refractivity contribution is 0.0303. The number of nitroso groups, excluding NO2 is 1. The minimum atomic E-state index is -0.602. The molecular formula is C25H31ClN6O4. The van der Waals surface area contributed by atoms with Gasteiger partial charge >= 0.3 is 6.09 Å². The Balaban J connectivity index is 1.61. The summed E-state index contributed by atoms with van der Waals surface area (Å²) in [6.45, 7) is 8.05. The Hall–Kier alpha value is -3.66. The molecule has 1 N–H and O–H groups in total. The zero-order valence-electron chi connectivity index (χ0n) is 21.1. The molecule has 3 rings (SSSR count). The molecule has 0 saturated carbocycles. The number of hydrogen-bond acceptors (Lipinski definition) is 6. The first-order valence-electron chi connectivity index (χ1n) is 11.6. The molecule has 0 atom stereocenters. The molecule has 0 radical (unpaired) electrons. The van der Waals surface area contributed by atoms with Gasteiger partial charge in [-0.3, -0.25) is 9.20 Å². The number of nitrogens with one attached hydrogen (secondary N) is 1. The van der Waals surface area contributed by atoms with E-state index in [9.17, 15) is 14.5 Å². The zero-order chi connectivity index (χ0) is 26.5. The lowest BCUT2D eigenvalue weighted by Gasteiger charge is -2.25. The Labute approximate surface area is 215 Å². The van der Waals surface area contributed by atoms with Crippen LogP contribution in [0.4, 0.5) is 10.5 Å². The van der Waals surface area contributed by atoms with Crippen molar-refractivity contribution in [3.05, 3.63) is 69.5 Å². The van der Waals surface area contributed by atoms with Crippen LogP contribution < -0.4 is 10.3 Å². The number of benzene rings is 1. The summed E-state index contributed by atoms with van der Waals surface area (Å²) in [6.07, 6.45) is 1.81. The molecule has 0 saturated heterocycles. The summed E-state index contributed by atoms with van der Waals surface area (Å²) >= 11 is 6.11. The molecule has 36 heavy (non-hydrogen) atoms. The van der Waals surface area contributed by atoms with Gasteiger partial charge in [-0.05, 0) is 57.0 Å². The van der Waals surface area contributed by atoms with E-state index < -0.39 is 11.7 Å². The van der Waals surface area contributed by atoms with Crippen LogP contribution in [0.1, 0.15) is 49.4 Å². The van der Waals surface area contributed by atoms with Gasteiger partial charge < -0.3 is 15.0 Å². The van der Waals surface area contributed by atoms with Crippen molar-refractivity contribution in [3.63, 3.8) is 0 Å². The fraction of sp³-hybridized carbons (Fsp3) is 0.400. The molecule has 0 bridgehead atoms. The van der Waals surface area contributed by atoms with Crippen LogP contribution in [0.3, 0.4) is 0 Å². The maximum absolute atomic E-state index is 13.0. The molecule has 3 aromatic rings. The average molecular weight is 515 g/mol. The van der Waals surface area contributed by atoms with Gasteiger partial charge in [0.2, 0.25) is 0 Å². The van der Waals surface area contributed by atoms with E-state index in [2.05, 4.69) is 15.6 Å². The number of hydrogen-bond donors (Lipinski definition) is 1. The number of anilines is 1. The zero-order valence-corrected chi connectivity index (χ0v) is 21.9. The van der Waals surface area contributed by atoms with E-state index in [1.165, 1.54) is 9.91 Å². The molecule has 2 heterocycles. The Kier molecular flexibility index (Phi) is 8.52. The van der Waals surface area contributed by atoms with Gasteiger partial charge in [0.15, 0.2) is 0 Å². The summed E-state index contributed by atoms with van der Waals surface area (Å²) in [4.78, 5) is 42.4. The first-order valence-corrected chi connectivity index (χ1v) is 12.0. The van der Waals surface area contributed by atoms with Crippen LogP contribution in [0.15, 0.2) is 47.9 Å². The molecular weight excluding hydrogens is 484 g/mol. The molecule has 2 amide bonds. The quantitative estimate of drug-likeness (QED) is 0.323. The normalized spacial score (nSPS) is 11.3. The van der Waals surface area contributed by atoms with Crippen molar-refractivity contribution in [1.29, 1.82) is 0 Å². The fourth-order valence-corrected chi connectivity index (χ4v) is 3.66. The standard InChI is InChI=1S/C25H31ClN6O4/c1-6-20-22(31-16-18(26)9-12-21(31)28-20)23(33)27-15-17-7-10-19(11-8-17)32(29-35)14-13-30(5)24(34)36-25(2,3)4/h7-12,16H,6,13-15H2,1-5H3,(H,27,33). The molecule has 10 nitrogen and oxygen atoms in total. The van der Waals surface area contributed by atoms with Gasteiger partial charge in [-0.1, -0.05) is 30.7 Å². The Bertz CT molecular complexity index is 1240. The second kappa shape index (κ2) is 11.4. The van der Waals surface area contributed by atoms with Gasteiger partial charge in [-0.25, -0.2) is 14.8 Å². The molecule has 0 unspecified atom stereocenters. The molecule has 0 spiro atoms. The molecule has 11 heteroatoms. The van der Waals surface area contributed by atoms with E-state index in [1.807, 2.05) is 6.92 Å². The Morgan fingerprint density at radius 3 is 2.44 bits per heavy atom. The van der Waals surface area contributed by atoms with E-state index in [-0.39, 0.29) is 25.5 Å². The topological polar surface area (TPSA) is 109 Å². The van der Waals surface area contributed by atoms with Crippen LogP contribution in [-0.2, 0) is 17.7 Å².